The van der Waals surface area contributed by atoms with Crippen LogP contribution in [0.4, 0.5) is 0 Å². The van der Waals surface area contributed by atoms with E-state index in [4.69, 9.17) is 0 Å². The van der Waals surface area contributed by atoms with Gasteiger partial charge in [0.25, 0.3) is 0 Å². The van der Waals surface area contributed by atoms with Crippen molar-refractivity contribution in [1.29, 1.82) is 0 Å². The maximum atomic E-state index is 14.0. The SMILES string of the molecule is CCCCCCCCCCCCCCCC(=O)C[C@H](CO)C(=O)N[C@H](C)C(=O)CCC(=O)N(C)[C@@H]1C(=O)C[C@@H](C)C(=O)N[C@H](C(=O)O)Cc2ccc(O)c(c2)-c2cc1ccc2O. The first-order valence-corrected chi connectivity index (χ1v) is 22.5. The highest BCUT2D eigenvalue weighted by Crippen LogP contribution is 2.39. The number of aromatic hydroxyl groups is 2. The second-order valence-corrected chi connectivity index (χ2v) is 17.0. The molecule has 6 N–H and O–H groups in total. The number of fused-ring (bicyclic) bond motifs is 5. The van der Waals surface area contributed by atoms with Gasteiger partial charge in [-0.25, -0.2) is 4.79 Å². The van der Waals surface area contributed by atoms with Crippen molar-refractivity contribution in [2.45, 2.75) is 161 Å². The van der Waals surface area contributed by atoms with Gasteiger partial charge in [-0.15, -0.1) is 0 Å². The average Bonchev–Trinajstić information content (AvgIpc) is 3.23. The van der Waals surface area contributed by atoms with E-state index in [1.54, 1.807) is 0 Å². The maximum Gasteiger partial charge on any atom is 0.326 e. The Kier molecular flexibility index (Phi) is 21.8. The zero-order chi connectivity index (χ0) is 45.8. The average molecular weight is 864 g/mol. The predicted octanol–water partition coefficient (Wildman–Crippen LogP) is 6.89. The first-order valence-electron chi connectivity index (χ1n) is 22.5. The molecule has 0 aromatic heterocycles. The number of unbranched alkanes of at least 4 members (excludes halogenated alkanes) is 12. The van der Waals surface area contributed by atoms with Gasteiger partial charge >= 0.3 is 5.97 Å². The van der Waals surface area contributed by atoms with E-state index in [0.717, 1.165) is 24.2 Å². The Hall–Kier alpha value is -5.11. The van der Waals surface area contributed by atoms with Crippen LogP contribution in [0.25, 0.3) is 11.1 Å². The van der Waals surface area contributed by atoms with Crippen LogP contribution in [0.1, 0.15) is 154 Å². The first kappa shape index (κ1) is 51.2. The van der Waals surface area contributed by atoms with Crippen LogP contribution in [0.15, 0.2) is 36.4 Å². The second kappa shape index (κ2) is 26.4. The molecule has 0 fully saturated rings. The van der Waals surface area contributed by atoms with Gasteiger partial charge in [0.2, 0.25) is 17.7 Å². The van der Waals surface area contributed by atoms with Crippen molar-refractivity contribution in [3.63, 3.8) is 0 Å². The first-order chi connectivity index (χ1) is 29.6. The normalized spacial score (nSPS) is 17.6. The summed E-state index contributed by atoms with van der Waals surface area (Å²) in [6.45, 7) is 4.57. The van der Waals surface area contributed by atoms with Crippen LogP contribution in [0, 0.1) is 11.8 Å². The van der Waals surface area contributed by atoms with Crippen LogP contribution in [0.5, 0.6) is 11.5 Å². The molecule has 3 amide bonds. The lowest BCUT2D eigenvalue weighted by Crippen LogP contribution is -2.45. The summed E-state index contributed by atoms with van der Waals surface area (Å²) in [7, 11) is 1.36. The van der Waals surface area contributed by atoms with E-state index in [1.165, 1.54) is 115 Å². The molecule has 0 aliphatic carbocycles. The molecule has 342 valence electrons. The third-order valence-corrected chi connectivity index (χ3v) is 11.8. The van der Waals surface area contributed by atoms with Gasteiger partial charge in [-0.2, -0.15) is 0 Å². The van der Waals surface area contributed by atoms with Gasteiger partial charge in [0.15, 0.2) is 11.6 Å². The van der Waals surface area contributed by atoms with Crippen molar-refractivity contribution in [3.8, 4) is 22.6 Å². The molecule has 14 heteroatoms. The van der Waals surface area contributed by atoms with Crippen LogP contribution in [0.2, 0.25) is 0 Å². The quantitative estimate of drug-likeness (QED) is 0.0564. The Morgan fingerprint density at radius 2 is 1.35 bits per heavy atom. The number of nitrogens with one attached hydrogen (secondary N) is 2. The number of aliphatic hydroxyl groups is 1. The Morgan fingerprint density at radius 3 is 1.94 bits per heavy atom. The van der Waals surface area contributed by atoms with Crippen molar-refractivity contribution < 1.29 is 54.0 Å². The number of carbonyl (C=O) groups excluding carboxylic acids is 6. The van der Waals surface area contributed by atoms with E-state index in [1.807, 2.05) is 0 Å². The summed E-state index contributed by atoms with van der Waals surface area (Å²) >= 11 is 0. The lowest BCUT2D eigenvalue weighted by Gasteiger charge is -2.29. The van der Waals surface area contributed by atoms with Gasteiger partial charge in [-0.1, -0.05) is 103 Å². The van der Waals surface area contributed by atoms with Gasteiger partial charge in [-0.05, 0) is 48.7 Å². The number of Topliss-reactive ketones (excluding diaryl/α,β-unsaturated/α-hetero) is 3. The topological polar surface area (TPSA) is 228 Å². The van der Waals surface area contributed by atoms with Crippen molar-refractivity contribution >= 4 is 41.0 Å². The number of hydrogen-bond donors (Lipinski definition) is 6. The van der Waals surface area contributed by atoms with Crippen LogP contribution in [-0.2, 0) is 40.0 Å². The lowest BCUT2D eigenvalue weighted by molar-refractivity contribution is -0.143. The number of nitrogens with zero attached hydrogens (tertiary/aromatic N) is 1. The molecule has 62 heavy (non-hydrogen) atoms. The highest BCUT2D eigenvalue weighted by atomic mass is 16.4. The number of phenolic OH excluding ortho intramolecular Hbond substituents is 2. The number of hydrogen-bond acceptors (Lipinski definition) is 10. The number of phenols is 2. The monoisotopic (exact) mass is 863 g/mol. The number of carbonyl (C=O) groups is 7. The van der Waals surface area contributed by atoms with Gasteiger partial charge in [0.05, 0.1) is 18.6 Å². The second-order valence-electron chi connectivity index (χ2n) is 17.0. The minimum absolute atomic E-state index is 0.115. The third kappa shape index (κ3) is 16.3. The molecule has 1 heterocycles. The summed E-state index contributed by atoms with van der Waals surface area (Å²) in [4.78, 5) is 92.9. The molecular formula is C48H69N3O11. The highest BCUT2D eigenvalue weighted by Gasteiger charge is 2.34. The Morgan fingerprint density at radius 1 is 0.790 bits per heavy atom. The van der Waals surface area contributed by atoms with Crippen LogP contribution < -0.4 is 10.6 Å². The molecule has 3 rings (SSSR count). The summed E-state index contributed by atoms with van der Waals surface area (Å²) < 4.78 is 0. The van der Waals surface area contributed by atoms with Crippen LogP contribution in [-0.4, -0.2) is 92.1 Å². The number of likely N-dealkylation sites (N-methyl/N-ethyl adjacent to an activating group) is 1. The van der Waals surface area contributed by atoms with E-state index in [-0.39, 0.29) is 66.1 Å². The fourth-order valence-electron chi connectivity index (χ4n) is 7.88. The molecule has 1 aliphatic heterocycles. The fourth-order valence-corrected chi connectivity index (χ4v) is 7.88. The van der Waals surface area contributed by atoms with E-state index in [0.29, 0.717) is 18.4 Å². The minimum atomic E-state index is -1.36. The molecule has 2 aromatic rings. The zero-order valence-electron chi connectivity index (χ0n) is 37.1. The Bertz CT molecular complexity index is 1850. The molecule has 0 radical (unpaired) electrons. The van der Waals surface area contributed by atoms with Gasteiger partial charge in [0, 0.05) is 62.6 Å². The van der Waals surface area contributed by atoms with Crippen molar-refractivity contribution in [3.05, 3.63) is 47.5 Å². The summed E-state index contributed by atoms with van der Waals surface area (Å²) in [5.74, 6) is -6.98. The van der Waals surface area contributed by atoms with Crippen LogP contribution in [0.3, 0.4) is 0 Å². The number of aliphatic hydroxyl groups excluding tert-OH is 1. The van der Waals surface area contributed by atoms with Crippen molar-refractivity contribution in [1.82, 2.24) is 15.5 Å². The zero-order valence-corrected chi connectivity index (χ0v) is 37.1. The van der Waals surface area contributed by atoms with Gasteiger partial charge in [0.1, 0.15) is 29.4 Å². The molecule has 2 aromatic carbocycles. The maximum absolute atomic E-state index is 14.0. The number of aliphatic carboxylic acids is 1. The molecule has 0 saturated heterocycles. The summed E-state index contributed by atoms with van der Waals surface area (Å²) in [6, 6.07) is 4.77. The molecule has 0 saturated carbocycles. The standard InChI is InChI=1S/C48H69N3O11/c1-5-6-7-8-9-10-11-12-13-14-15-16-17-18-36(53)28-35(30-52)47(60)49-32(3)40(54)23-24-44(58)51(4)45-34-20-22-42(56)38(29-34)37-26-33(19-21-41(37)55)27-39(48(61)62)50-46(59)31(2)25-43(45)57/h19-22,26,29,31-32,35,39,45,52,55-56H,5-18,23-25,27-28,30H2,1-4H3,(H,49,60)(H,50,59)(H,61,62)/t31-,32-,35-,39+,45+/m1/s1. The minimum Gasteiger partial charge on any atom is -0.507 e. The Balaban J connectivity index is 1.58. The lowest BCUT2D eigenvalue weighted by atomic mass is 9.89. The summed E-state index contributed by atoms with van der Waals surface area (Å²) in [6.07, 6.45) is 14.4. The van der Waals surface area contributed by atoms with Gasteiger partial charge in [-0.3, -0.25) is 28.8 Å². The molecule has 1 aliphatic rings. The fraction of sp³-hybridized carbons (Fsp3) is 0.604. The number of carboxylic acid groups (broad SMARTS) is 1. The molecular weight excluding hydrogens is 795 g/mol. The van der Waals surface area contributed by atoms with E-state index >= 15 is 0 Å². The number of amides is 3. The molecule has 5 atom stereocenters. The van der Waals surface area contributed by atoms with E-state index < -0.39 is 71.8 Å². The molecule has 0 spiro atoms. The number of carboxylic acids is 1. The van der Waals surface area contributed by atoms with E-state index in [2.05, 4.69) is 17.6 Å². The summed E-state index contributed by atoms with van der Waals surface area (Å²) in [5, 5.41) is 46.4. The van der Waals surface area contributed by atoms with Crippen LogP contribution >= 0.6 is 0 Å². The largest absolute Gasteiger partial charge is 0.507 e. The van der Waals surface area contributed by atoms with Gasteiger partial charge < -0.3 is 36.0 Å². The van der Waals surface area contributed by atoms with Crippen molar-refractivity contribution in [2.75, 3.05) is 13.7 Å². The highest BCUT2D eigenvalue weighted by molar-refractivity contribution is 5.96. The van der Waals surface area contributed by atoms with Crippen molar-refractivity contribution in [2.24, 2.45) is 11.8 Å². The molecule has 0 unspecified atom stereocenters. The summed E-state index contributed by atoms with van der Waals surface area (Å²) in [5.41, 5.74) is 0.939. The number of rotatable bonds is 25. The molecule has 14 nitrogen and oxygen atoms in total. The predicted molar refractivity (Wildman–Crippen MR) is 235 cm³/mol. The third-order valence-electron chi connectivity index (χ3n) is 11.8. The Labute approximate surface area is 366 Å². The van der Waals surface area contributed by atoms with E-state index in [9.17, 15) is 54.0 Å². The smallest absolute Gasteiger partial charge is 0.326 e. The number of ketones is 3. The number of benzene rings is 2. The molecule has 4 bridgehead atoms.